The molecule has 2 rings (SSSR count). The molecule has 21 heavy (non-hydrogen) atoms. The van der Waals surface area contributed by atoms with Gasteiger partial charge in [0.2, 0.25) is 0 Å². The van der Waals surface area contributed by atoms with Gasteiger partial charge in [0.05, 0.1) is 5.56 Å². The highest BCUT2D eigenvalue weighted by Crippen LogP contribution is 2.28. The second kappa shape index (κ2) is 9.22. The summed E-state index contributed by atoms with van der Waals surface area (Å²) in [5.74, 6) is -1.82. The molecule has 2 aromatic rings. The Bertz CT molecular complexity index is 552. The van der Waals surface area contributed by atoms with Crippen molar-refractivity contribution in [1.29, 1.82) is 0 Å². The van der Waals surface area contributed by atoms with E-state index < -0.39 is 17.5 Å². The number of hydrogen-bond donors (Lipinski definition) is 0. The number of halogens is 3. The quantitative estimate of drug-likeness (QED) is 0.568. The molecule has 0 radical (unpaired) electrons. The maximum atomic E-state index is 13.7. The predicted octanol–water partition coefficient (Wildman–Crippen LogP) is 6.44. The molecule has 0 amide bonds. The van der Waals surface area contributed by atoms with Crippen molar-refractivity contribution in [2.45, 2.75) is 41.5 Å². The molecule has 0 aromatic heterocycles. The third kappa shape index (κ3) is 4.92. The Morgan fingerprint density at radius 2 is 1.14 bits per heavy atom. The average Bonchev–Trinajstić information content (AvgIpc) is 2.46. The molecular weight excluding hydrogens is 273 g/mol. The molecule has 0 atom stereocenters. The van der Waals surface area contributed by atoms with Gasteiger partial charge in [0.25, 0.3) is 0 Å². The van der Waals surface area contributed by atoms with E-state index >= 15 is 0 Å². The molecule has 0 aliphatic carbocycles. The van der Waals surface area contributed by atoms with Gasteiger partial charge in [-0.1, -0.05) is 39.8 Å². The van der Waals surface area contributed by atoms with Crippen LogP contribution in [0.4, 0.5) is 13.2 Å². The number of hydrogen-bond acceptors (Lipinski definition) is 0. The molecule has 2 aromatic carbocycles. The molecule has 3 heteroatoms. The molecule has 0 heterocycles. The number of benzene rings is 2. The van der Waals surface area contributed by atoms with Gasteiger partial charge in [-0.3, -0.25) is 0 Å². The first-order valence-electron chi connectivity index (χ1n) is 7.21. The molecule has 0 aliphatic heterocycles. The fraction of sp³-hybridized carbons (Fsp3) is 0.333. The van der Waals surface area contributed by atoms with Crippen molar-refractivity contribution >= 4 is 0 Å². The van der Waals surface area contributed by atoms with Crippen LogP contribution in [0.25, 0.3) is 11.1 Å². The van der Waals surface area contributed by atoms with Gasteiger partial charge in [0, 0.05) is 0 Å². The summed E-state index contributed by atoms with van der Waals surface area (Å²) >= 11 is 0. The molecule has 0 unspecified atom stereocenters. The van der Waals surface area contributed by atoms with E-state index in [1.807, 2.05) is 27.7 Å². The van der Waals surface area contributed by atoms with E-state index in [1.165, 1.54) is 24.3 Å². The van der Waals surface area contributed by atoms with Gasteiger partial charge in [0.15, 0.2) is 0 Å². The molecule has 0 fully saturated rings. The smallest absolute Gasteiger partial charge is 0.134 e. The Morgan fingerprint density at radius 1 is 0.667 bits per heavy atom. The van der Waals surface area contributed by atoms with E-state index in [9.17, 15) is 13.2 Å². The first kappa shape index (κ1) is 19.2. The SMILES string of the molecule is CC.CC.Cc1cc(F)c(-c2ccc(C)c(F)c2)c(F)c1. The van der Waals surface area contributed by atoms with E-state index in [4.69, 9.17) is 0 Å². The maximum absolute atomic E-state index is 13.7. The van der Waals surface area contributed by atoms with Gasteiger partial charge in [0.1, 0.15) is 17.5 Å². The highest BCUT2D eigenvalue weighted by molar-refractivity contribution is 5.65. The second-order valence-corrected chi connectivity index (χ2v) is 4.07. The minimum Gasteiger partial charge on any atom is -0.207 e. The Labute approximate surface area is 125 Å². The van der Waals surface area contributed by atoms with E-state index in [-0.39, 0.29) is 11.1 Å². The van der Waals surface area contributed by atoms with Gasteiger partial charge >= 0.3 is 0 Å². The summed E-state index contributed by atoms with van der Waals surface area (Å²) in [6, 6.07) is 6.62. The fourth-order valence-corrected chi connectivity index (χ4v) is 1.72. The second-order valence-electron chi connectivity index (χ2n) is 4.07. The highest BCUT2D eigenvalue weighted by atomic mass is 19.1. The van der Waals surface area contributed by atoms with Crippen molar-refractivity contribution in [3.8, 4) is 11.1 Å². The molecular formula is C18H23F3. The Balaban J connectivity index is 0.000000921. The minimum absolute atomic E-state index is 0.186. The third-order valence-electron chi connectivity index (χ3n) is 2.65. The maximum Gasteiger partial charge on any atom is 0.134 e. The lowest BCUT2D eigenvalue weighted by Gasteiger charge is -2.07. The highest BCUT2D eigenvalue weighted by Gasteiger charge is 2.13. The lowest BCUT2D eigenvalue weighted by atomic mass is 10.0. The molecule has 0 saturated carbocycles. The molecule has 0 bridgehead atoms. The van der Waals surface area contributed by atoms with E-state index in [1.54, 1.807) is 13.8 Å². The summed E-state index contributed by atoms with van der Waals surface area (Å²) in [5.41, 5.74) is 0.968. The van der Waals surface area contributed by atoms with Gasteiger partial charge in [-0.25, -0.2) is 13.2 Å². The van der Waals surface area contributed by atoms with Crippen molar-refractivity contribution in [2.24, 2.45) is 0 Å². The van der Waals surface area contributed by atoms with Crippen LogP contribution in [0.5, 0.6) is 0 Å². The summed E-state index contributed by atoms with van der Waals surface area (Å²) in [4.78, 5) is 0. The Hall–Kier alpha value is -1.77. The summed E-state index contributed by atoms with van der Waals surface area (Å²) in [6.07, 6.45) is 0. The van der Waals surface area contributed by atoms with Crippen molar-refractivity contribution in [3.05, 3.63) is 58.9 Å². The van der Waals surface area contributed by atoms with Crippen LogP contribution in [-0.2, 0) is 0 Å². The lowest BCUT2D eigenvalue weighted by molar-refractivity contribution is 0.586. The van der Waals surface area contributed by atoms with Gasteiger partial charge < -0.3 is 0 Å². The van der Waals surface area contributed by atoms with Crippen LogP contribution in [0.3, 0.4) is 0 Å². The van der Waals surface area contributed by atoms with Crippen LogP contribution in [0.15, 0.2) is 30.3 Å². The van der Waals surface area contributed by atoms with Crippen LogP contribution >= 0.6 is 0 Å². The first-order valence-corrected chi connectivity index (χ1v) is 7.21. The largest absolute Gasteiger partial charge is 0.207 e. The number of aryl methyl sites for hydroxylation is 2. The average molecular weight is 296 g/mol. The fourth-order valence-electron chi connectivity index (χ4n) is 1.72. The van der Waals surface area contributed by atoms with E-state index in [2.05, 4.69) is 0 Å². The molecule has 0 saturated heterocycles. The summed E-state index contributed by atoms with van der Waals surface area (Å²) < 4.78 is 40.7. The Morgan fingerprint density at radius 3 is 1.57 bits per heavy atom. The van der Waals surface area contributed by atoms with E-state index in [0.29, 0.717) is 11.1 Å². The van der Waals surface area contributed by atoms with Crippen LogP contribution < -0.4 is 0 Å². The summed E-state index contributed by atoms with van der Waals surface area (Å²) in [7, 11) is 0. The van der Waals surface area contributed by atoms with Crippen LogP contribution in [0.1, 0.15) is 38.8 Å². The first-order chi connectivity index (χ1) is 9.99. The zero-order valence-corrected chi connectivity index (χ0v) is 13.5. The van der Waals surface area contributed by atoms with Crippen LogP contribution in [-0.4, -0.2) is 0 Å². The summed E-state index contributed by atoms with van der Waals surface area (Å²) in [5, 5.41) is 0. The normalized spacial score (nSPS) is 9.19. The van der Waals surface area contributed by atoms with Crippen molar-refractivity contribution in [1.82, 2.24) is 0 Å². The van der Waals surface area contributed by atoms with Gasteiger partial charge in [-0.15, -0.1) is 0 Å². The minimum atomic E-state index is -0.675. The zero-order valence-electron chi connectivity index (χ0n) is 13.5. The van der Waals surface area contributed by atoms with Crippen LogP contribution in [0, 0.1) is 31.3 Å². The number of rotatable bonds is 1. The summed E-state index contributed by atoms with van der Waals surface area (Å²) in [6.45, 7) is 11.2. The monoisotopic (exact) mass is 296 g/mol. The molecule has 116 valence electrons. The third-order valence-corrected chi connectivity index (χ3v) is 2.65. The molecule has 0 aliphatic rings. The molecule has 0 spiro atoms. The zero-order chi connectivity index (χ0) is 16.6. The van der Waals surface area contributed by atoms with Crippen molar-refractivity contribution in [2.75, 3.05) is 0 Å². The lowest BCUT2D eigenvalue weighted by Crippen LogP contribution is -1.93. The molecule has 0 N–H and O–H groups in total. The predicted molar refractivity (Wildman–Crippen MR) is 83.9 cm³/mol. The van der Waals surface area contributed by atoms with Gasteiger partial charge in [-0.2, -0.15) is 0 Å². The van der Waals surface area contributed by atoms with Crippen molar-refractivity contribution < 1.29 is 13.2 Å². The molecule has 0 nitrogen and oxygen atoms in total. The standard InChI is InChI=1S/C14H11F3.2C2H6/c1-8-5-12(16)14(13(17)6-8)10-4-3-9(2)11(15)7-10;2*1-2/h3-7H,1-2H3;2*1-2H3. The van der Waals surface area contributed by atoms with Crippen LogP contribution in [0.2, 0.25) is 0 Å². The van der Waals surface area contributed by atoms with Crippen molar-refractivity contribution in [3.63, 3.8) is 0 Å². The van der Waals surface area contributed by atoms with Gasteiger partial charge in [-0.05, 0) is 48.7 Å². The Kier molecular flexibility index (Phi) is 8.44. The topological polar surface area (TPSA) is 0 Å². The van der Waals surface area contributed by atoms with E-state index in [0.717, 1.165) is 6.07 Å².